The van der Waals surface area contributed by atoms with Gasteiger partial charge in [0.1, 0.15) is 12.1 Å². The summed E-state index contributed by atoms with van der Waals surface area (Å²) in [5, 5.41) is 25.7. The Morgan fingerprint density at radius 2 is 2.04 bits per heavy atom. The summed E-state index contributed by atoms with van der Waals surface area (Å²) in [5.41, 5.74) is 0.705. The number of fused-ring (bicyclic) bond motifs is 1. The van der Waals surface area contributed by atoms with Crippen LogP contribution in [0.3, 0.4) is 0 Å². The topological polar surface area (TPSA) is 116 Å². The lowest BCUT2D eigenvalue weighted by atomic mass is 9.96. The predicted octanol–water partition coefficient (Wildman–Crippen LogP) is -0.857. The molecule has 3 heterocycles. The van der Waals surface area contributed by atoms with Gasteiger partial charge in [0.2, 0.25) is 5.91 Å². The lowest BCUT2D eigenvalue weighted by Crippen LogP contribution is -2.41. The van der Waals surface area contributed by atoms with Crippen molar-refractivity contribution in [1.82, 2.24) is 25.1 Å². The second-order valence-electron chi connectivity index (χ2n) is 5.80. The quantitative estimate of drug-likeness (QED) is 0.629. The summed E-state index contributed by atoms with van der Waals surface area (Å²) in [6.45, 7) is 2.12. The predicted molar refractivity (Wildman–Crippen MR) is 87.4 cm³/mol. The van der Waals surface area contributed by atoms with Crippen LogP contribution < -0.4 is 10.2 Å². The number of piperidine rings is 1. The molecule has 3 N–H and O–H groups in total. The number of hydrogen-bond acceptors (Lipinski definition) is 7. The minimum atomic E-state index is -0.0403. The molecule has 0 spiro atoms. The molecule has 0 unspecified atom stereocenters. The van der Waals surface area contributed by atoms with E-state index in [1.165, 1.54) is 6.33 Å². The third kappa shape index (κ3) is 3.31. The zero-order chi connectivity index (χ0) is 16.9. The van der Waals surface area contributed by atoms with Crippen LogP contribution >= 0.6 is 0 Å². The summed E-state index contributed by atoms with van der Waals surface area (Å²) >= 11 is 0. The maximum Gasteiger partial charge on any atom is 0.223 e. The Morgan fingerprint density at radius 3 is 2.75 bits per heavy atom. The normalized spacial score (nSPS) is 15.8. The fraction of sp³-hybridized carbons (Fsp3) is 0.600. The van der Waals surface area contributed by atoms with Gasteiger partial charge >= 0.3 is 0 Å². The first-order valence-electron chi connectivity index (χ1n) is 8.15. The number of carbonyl (C=O) groups is 1. The van der Waals surface area contributed by atoms with Crippen LogP contribution in [-0.2, 0) is 11.3 Å². The molecule has 2 aromatic rings. The van der Waals surface area contributed by atoms with Gasteiger partial charge in [0.15, 0.2) is 5.65 Å². The van der Waals surface area contributed by atoms with E-state index in [2.05, 4.69) is 25.3 Å². The molecule has 0 bridgehead atoms. The molecule has 0 atom stereocenters. The molecule has 0 radical (unpaired) electrons. The van der Waals surface area contributed by atoms with Crippen LogP contribution in [0, 0.1) is 5.92 Å². The molecule has 0 saturated carbocycles. The van der Waals surface area contributed by atoms with Crippen LogP contribution in [0.5, 0.6) is 0 Å². The van der Waals surface area contributed by atoms with Gasteiger partial charge in [0.05, 0.1) is 31.3 Å². The first-order valence-corrected chi connectivity index (χ1v) is 8.15. The van der Waals surface area contributed by atoms with E-state index in [4.69, 9.17) is 10.2 Å². The molecule has 0 aliphatic carbocycles. The summed E-state index contributed by atoms with van der Waals surface area (Å²) in [7, 11) is 0. The van der Waals surface area contributed by atoms with E-state index in [0.29, 0.717) is 18.7 Å². The van der Waals surface area contributed by atoms with Crippen molar-refractivity contribution in [3.63, 3.8) is 0 Å². The van der Waals surface area contributed by atoms with Gasteiger partial charge in [-0.2, -0.15) is 5.10 Å². The standard InChI is InChI=1S/C15H22N6O3/c22-7-3-16-15(24)11-1-4-20(5-2-11)13-12-9-19-21(6-8-23)14(12)18-10-17-13/h9-11,22-23H,1-8H2,(H,16,24). The maximum atomic E-state index is 12.0. The van der Waals surface area contributed by atoms with Crippen LogP contribution in [0.1, 0.15) is 12.8 Å². The zero-order valence-electron chi connectivity index (χ0n) is 13.4. The first kappa shape index (κ1) is 16.6. The van der Waals surface area contributed by atoms with E-state index in [9.17, 15) is 4.79 Å². The molecule has 1 aliphatic rings. The molecule has 2 aromatic heterocycles. The lowest BCUT2D eigenvalue weighted by Gasteiger charge is -2.32. The Bertz CT molecular complexity index is 696. The number of aromatic nitrogens is 4. The van der Waals surface area contributed by atoms with Gasteiger partial charge < -0.3 is 20.4 Å². The second-order valence-corrected chi connectivity index (χ2v) is 5.80. The number of carbonyl (C=O) groups excluding carboxylic acids is 1. The molecule has 0 aromatic carbocycles. The van der Waals surface area contributed by atoms with Crippen molar-refractivity contribution in [1.29, 1.82) is 0 Å². The molecule has 24 heavy (non-hydrogen) atoms. The molecule has 9 nitrogen and oxygen atoms in total. The smallest absolute Gasteiger partial charge is 0.223 e. The van der Waals surface area contributed by atoms with Crippen LogP contribution in [0.4, 0.5) is 5.82 Å². The average molecular weight is 334 g/mol. The van der Waals surface area contributed by atoms with Crippen molar-refractivity contribution in [2.45, 2.75) is 19.4 Å². The largest absolute Gasteiger partial charge is 0.395 e. The number of nitrogens with zero attached hydrogens (tertiary/aromatic N) is 5. The summed E-state index contributed by atoms with van der Waals surface area (Å²) in [6.07, 6.45) is 4.72. The van der Waals surface area contributed by atoms with Gasteiger partial charge in [-0.1, -0.05) is 0 Å². The average Bonchev–Trinajstić information content (AvgIpc) is 3.03. The Labute approximate surface area is 139 Å². The molecule has 1 amide bonds. The van der Waals surface area contributed by atoms with Crippen molar-refractivity contribution in [2.75, 3.05) is 37.7 Å². The van der Waals surface area contributed by atoms with E-state index in [0.717, 1.165) is 37.1 Å². The fourth-order valence-corrected chi connectivity index (χ4v) is 3.07. The Kier molecular flexibility index (Phi) is 5.21. The number of hydrogen-bond donors (Lipinski definition) is 3. The minimum Gasteiger partial charge on any atom is -0.395 e. The highest BCUT2D eigenvalue weighted by molar-refractivity contribution is 5.87. The molecule has 1 saturated heterocycles. The highest BCUT2D eigenvalue weighted by Gasteiger charge is 2.26. The van der Waals surface area contributed by atoms with Gasteiger partial charge in [-0.05, 0) is 12.8 Å². The minimum absolute atomic E-state index is 0.00443. The van der Waals surface area contributed by atoms with Crippen molar-refractivity contribution < 1.29 is 15.0 Å². The van der Waals surface area contributed by atoms with Gasteiger partial charge in [-0.3, -0.25) is 4.79 Å². The Balaban J connectivity index is 1.70. The Hall–Kier alpha value is -2.26. The van der Waals surface area contributed by atoms with Crippen molar-refractivity contribution in [3.05, 3.63) is 12.5 Å². The number of aliphatic hydroxyl groups excluding tert-OH is 2. The summed E-state index contributed by atoms with van der Waals surface area (Å²) in [5.74, 6) is 0.799. The van der Waals surface area contributed by atoms with Crippen molar-refractivity contribution in [3.8, 4) is 0 Å². The molecule has 1 fully saturated rings. The lowest BCUT2D eigenvalue weighted by molar-refractivity contribution is -0.125. The summed E-state index contributed by atoms with van der Waals surface area (Å²) < 4.78 is 1.66. The van der Waals surface area contributed by atoms with Crippen LogP contribution in [0.2, 0.25) is 0 Å². The second kappa shape index (κ2) is 7.54. The summed E-state index contributed by atoms with van der Waals surface area (Å²) in [4.78, 5) is 22.8. The third-order valence-electron chi connectivity index (χ3n) is 4.30. The van der Waals surface area contributed by atoms with Crippen LogP contribution in [0.15, 0.2) is 12.5 Å². The van der Waals surface area contributed by atoms with Crippen molar-refractivity contribution >= 4 is 22.8 Å². The van der Waals surface area contributed by atoms with E-state index >= 15 is 0 Å². The molecule has 1 aliphatic heterocycles. The monoisotopic (exact) mass is 334 g/mol. The Morgan fingerprint density at radius 1 is 1.25 bits per heavy atom. The number of aliphatic hydroxyl groups is 2. The van der Waals surface area contributed by atoms with Gasteiger partial charge in [-0.25, -0.2) is 14.6 Å². The van der Waals surface area contributed by atoms with Crippen molar-refractivity contribution in [2.24, 2.45) is 5.92 Å². The zero-order valence-corrected chi connectivity index (χ0v) is 13.4. The summed E-state index contributed by atoms with van der Waals surface area (Å²) in [6, 6.07) is 0. The number of anilines is 1. The van der Waals surface area contributed by atoms with E-state index in [1.54, 1.807) is 10.9 Å². The molecule has 3 rings (SSSR count). The maximum absolute atomic E-state index is 12.0. The highest BCUT2D eigenvalue weighted by atomic mass is 16.3. The van der Waals surface area contributed by atoms with E-state index in [1.807, 2.05) is 0 Å². The number of rotatable bonds is 6. The highest BCUT2D eigenvalue weighted by Crippen LogP contribution is 2.27. The van der Waals surface area contributed by atoms with Gasteiger partial charge in [0, 0.05) is 25.6 Å². The molecule has 130 valence electrons. The molecular weight excluding hydrogens is 312 g/mol. The van der Waals surface area contributed by atoms with E-state index in [-0.39, 0.29) is 25.0 Å². The van der Waals surface area contributed by atoms with Gasteiger partial charge in [-0.15, -0.1) is 0 Å². The van der Waals surface area contributed by atoms with Crippen LogP contribution in [-0.4, -0.2) is 68.7 Å². The van der Waals surface area contributed by atoms with Crippen LogP contribution in [0.25, 0.3) is 11.0 Å². The van der Waals surface area contributed by atoms with Gasteiger partial charge in [0.25, 0.3) is 0 Å². The SMILES string of the molecule is O=C(NCCO)C1CCN(c2ncnc3c2cnn3CCO)CC1. The first-order chi connectivity index (χ1) is 11.7. The fourth-order valence-electron chi connectivity index (χ4n) is 3.07. The third-order valence-corrected chi connectivity index (χ3v) is 4.30. The molecule has 9 heteroatoms. The van der Waals surface area contributed by atoms with E-state index < -0.39 is 0 Å². The number of nitrogens with one attached hydrogen (secondary N) is 1. The number of amides is 1. The molecular formula is C15H22N6O3.